The highest BCUT2D eigenvalue weighted by molar-refractivity contribution is 6.37. The van der Waals surface area contributed by atoms with E-state index in [2.05, 4.69) is 15.6 Å². The number of halogens is 3. The molecule has 4 rings (SSSR count). The van der Waals surface area contributed by atoms with E-state index in [-0.39, 0.29) is 52.0 Å². The zero-order valence-corrected chi connectivity index (χ0v) is 23.3. The summed E-state index contributed by atoms with van der Waals surface area (Å²) in [6.07, 6.45) is 5.10. The van der Waals surface area contributed by atoms with Crippen molar-refractivity contribution in [2.75, 3.05) is 26.0 Å². The zero-order valence-electron chi connectivity index (χ0n) is 21.0. The maximum atomic E-state index is 12.5. The molecule has 3 aromatic rings. The van der Waals surface area contributed by atoms with Gasteiger partial charge in [0.2, 0.25) is 5.91 Å². The first-order valence-corrected chi connectivity index (χ1v) is 12.7. The minimum atomic E-state index is -0.153. The predicted octanol–water partition coefficient (Wildman–Crippen LogP) is 5.94. The molecule has 0 aliphatic heterocycles. The Morgan fingerprint density at radius 3 is 2.24 bits per heavy atom. The molecule has 7 nitrogen and oxygen atoms in total. The monoisotopic (exact) mass is 564 g/mol. The summed E-state index contributed by atoms with van der Waals surface area (Å²) < 4.78 is 0. The fraction of sp³-hybridized carbons (Fsp3) is 0.370. The quantitative estimate of drug-likeness (QED) is 0.307. The number of nitrogens with one attached hydrogen (secondary N) is 2. The number of Topliss-reactive ketones (excluding diaryl/α,β-unsaturated/α-hetero) is 1. The van der Waals surface area contributed by atoms with Gasteiger partial charge >= 0.3 is 0 Å². The van der Waals surface area contributed by atoms with E-state index in [0.29, 0.717) is 12.1 Å². The minimum Gasteiger partial charge on any atom is -0.505 e. The highest BCUT2D eigenvalue weighted by atomic mass is 35.5. The second kappa shape index (κ2) is 12.3. The molecular formula is C27H31Cl3N4O3. The first kappa shape index (κ1) is 29.0. The molecular weight excluding hydrogens is 535 g/mol. The predicted molar refractivity (Wildman–Crippen MR) is 152 cm³/mol. The highest BCUT2D eigenvalue weighted by Crippen LogP contribution is 2.38. The van der Waals surface area contributed by atoms with Crippen molar-refractivity contribution in [2.45, 2.75) is 44.7 Å². The van der Waals surface area contributed by atoms with E-state index in [0.717, 1.165) is 53.4 Å². The van der Waals surface area contributed by atoms with E-state index in [1.807, 2.05) is 37.2 Å². The van der Waals surface area contributed by atoms with Gasteiger partial charge in [0.05, 0.1) is 33.4 Å². The molecule has 0 bridgehead atoms. The highest BCUT2D eigenvalue weighted by Gasteiger charge is 2.24. The van der Waals surface area contributed by atoms with Gasteiger partial charge in [0.1, 0.15) is 0 Å². The number of pyridine rings is 1. The molecule has 1 aromatic heterocycles. The van der Waals surface area contributed by atoms with Gasteiger partial charge in [-0.1, -0.05) is 29.3 Å². The van der Waals surface area contributed by atoms with Crippen LogP contribution in [0.1, 0.15) is 43.0 Å². The van der Waals surface area contributed by atoms with E-state index in [1.54, 1.807) is 18.3 Å². The lowest BCUT2D eigenvalue weighted by Gasteiger charge is -2.31. The van der Waals surface area contributed by atoms with Gasteiger partial charge in [-0.15, -0.1) is 12.4 Å². The molecule has 1 fully saturated rings. The standard InChI is InChI=1S/C27H30Cl2N4O3.ClH/c1-15(34)21-13-30-24-9-4-16(17-11-22(28)27(36)23(29)12-17)10-20(24)26(21)32-19-7-5-18(6-8-19)31-25(35)14-33(2)3;/h4,9-13,18-19,36H,5-8,14H2,1-3H3,(H,30,32)(H,31,35);1H. The number of likely N-dealkylation sites (N-methyl/N-ethyl adjacent to an activating group) is 1. The number of nitrogens with zero attached hydrogens (tertiary/aromatic N) is 2. The number of carbonyl (C=O) groups excluding carboxylic acids is 2. The third-order valence-electron chi connectivity index (χ3n) is 6.50. The number of benzene rings is 2. The number of phenolic OH excluding ortho intramolecular Hbond substituents is 1. The first-order valence-electron chi connectivity index (χ1n) is 11.9. The number of anilines is 1. The van der Waals surface area contributed by atoms with Crippen molar-refractivity contribution in [3.8, 4) is 16.9 Å². The maximum absolute atomic E-state index is 12.5. The minimum absolute atomic E-state index is 0. The van der Waals surface area contributed by atoms with Crippen LogP contribution in [0.2, 0.25) is 10.0 Å². The summed E-state index contributed by atoms with van der Waals surface area (Å²) in [7, 11) is 3.75. The van der Waals surface area contributed by atoms with Gasteiger partial charge in [-0.2, -0.15) is 0 Å². The number of amides is 1. The van der Waals surface area contributed by atoms with E-state index in [1.165, 1.54) is 6.92 Å². The molecule has 1 saturated carbocycles. The van der Waals surface area contributed by atoms with Crippen molar-refractivity contribution in [2.24, 2.45) is 0 Å². The van der Waals surface area contributed by atoms with Crippen LogP contribution in [0, 0.1) is 0 Å². The SMILES string of the molecule is CC(=O)c1cnc2ccc(-c3cc(Cl)c(O)c(Cl)c3)cc2c1NC1CCC(NC(=O)CN(C)C)CC1.Cl. The van der Waals surface area contributed by atoms with Crippen LogP contribution in [0.15, 0.2) is 36.5 Å². The fourth-order valence-corrected chi connectivity index (χ4v) is 5.16. The van der Waals surface area contributed by atoms with Crippen LogP contribution in [0.25, 0.3) is 22.0 Å². The Bertz CT molecular complexity index is 1280. The molecule has 2 aromatic carbocycles. The van der Waals surface area contributed by atoms with Crippen LogP contribution < -0.4 is 10.6 Å². The van der Waals surface area contributed by atoms with Gasteiger partial charge in [0, 0.05) is 23.7 Å². The summed E-state index contributed by atoms with van der Waals surface area (Å²) in [5.74, 6) is -0.186. The second-order valence-electron chi connectivity index (χ2n) is 9.62. The van der Waals surface area contributed by atoms with E-state index < -0.39 is 0 Å². The Balaban J connectivity index is 0.00000380. The van der Waals surface area contributed by atoms with Gasteiger partial charge in [-0.25, -0.2) is 0 Å². The van der Waals surface area contributed by atoms with Crippen molar-refractivity contribution >= 4 is 63.9 Å². The summed E-state index contributed by atoms with van der Waals surface area (Å²) in [6.45, 7) is 1.91. The average Bonchev–Trinajstić information content (AvgIpc) is 2.82. The van der Waals surface area contributed by atoms with Crippen molar-refractivity contribution in [3.05, 3.63) is 52.1 Å². The Morgan fingerprint density at radius 2 is 1.65 bits per heavy atom. The van der Waals surface area contributed by atoms with E-state index >= 15 is 0 Å². The molecule has 198 valence electrons. The molecule has 0 spiro atoms. The Morgan fingerprint density at radius 1 is 1.03 bits per heavy atom. The van der Waals surface area contributed by atoms with Crippen LogP contribution in [0.5, 0.6) is 5.75 Å². The molecule has 1 amide bonds. The number of aromatic nitrogens is 1. The van der Waals surface area contributed by atoms with Crippen molar-refractivity contribution in [3.63, 3.8) is 0 Å². The molecule has 0 saturated heterocycles. The van der Waals surface area contributed by atoms with Crippen LogP contribution in [-0.4, -0.2) is 59.4 Å². The van der Waals surface area contributed by atoms with Crippen LogP contribution in [0.4, 0.5) is 5.69 Å². The number of rotatable bonds is 7. The molecule has 0 atom stereocenters. The zero-order chi connectivity index (χ0) is 26.0. The lowest BCUT2D eigenvalue weighted by atomic mass is 9.90. The van der Waals surface area contributed by atoms with Crippen LogP contribution in [-0.2, 0) is 4.79 Å². The smallest absolute Gasteiger partial charge is 0.234 e. The van der Waals surface area contributed by atoms with Gasteiger partial charge in [0.25, 0.3) is 0 Å². The summed E-state index contributed by atoms with van der Waals surface area (Å²) in [5.41, 5.74) is 3.63. The van der Waals surface area contributed by atoms with Gasteiger partial charge in [0.15, 0.2) is 11.5 Å². The summed E-state index contributed by atoms with van der Waals surface area (Å²) in [4.78, 5) is 31.0. The lowest BCUT2D eigenvalue weighted by molar-refractivity contribution is -0.122. The van der Waals surface area contributed by atoms with Crippen LogP contribution in [0.3, 0.4) is 0 Å². The molecule has 1 aliphatic carbocycles. The fourth-order valence-electron chi connectivity index (χ4n) is 4.67. The number of carbonyl (C=O) groups is 2. The second-order valence-corrected chi connectivity index (χ2v) is 10.4. The Hall–Kier alpha value is -2.58. The molecule has 0 radical (unpaired) electrons. The van der Waals surface area contributed by atoms with Gasteiger partial charge in [-0.3, -0.25) is 14.6 Å². The molecule has 3 N–H and O–H groups in total. The largest absolute Gasteiger partial charge is 0.505 e. The molecule has 0 unspecified atom stereocenters. The number of fused-ring (bicyclic) bond motifs is 1. The summed E-state index contributed by atoms with van der Waals surface area (Å²) in [5, 5.41) is 17.8. The van der Waals surface area contributed by atoms with Crippen molar-refractivity contribution < 1.29 is 14.7 Å². The van der Waals surface area contributed by atoms with Crippen molar-refractivity contribution in [1.82, 2.24) is 15.2 Å². The first-order chi connectivity index (χ1) is 17.1. The summed E-state index contributed by atoms with van der Waals surface area (Å²) >= 11 is 12.3. The maximum Gasteiger partial charge on any atom is 0.234 e. The third kappa shape index (κ3) is 6.85. The average molecular weight is 566 g/mol. The number of hydrogen-bond acceptors (Lipinski definition) is 6. The Kier molecular flexibility index (Phi) is 9.64. The van der Waals surface area contributed by atoms with E-state index in [4.69, 9.17) is 23.2 Å². The normalized spacial score (nSPS) is 17.4. The van der Waals surface area contributed by atoms with Gasteiger partial charge < -0.3 is 20.6 Å². The molecule has 37 heavy (non-hydrogen) atoms. The number of phenols is 1. The van der Waals surface area contributed by atoms with Crippen molar-refractivity contribution in [1.29, 1.82) is 0 Å². The number of hydrogen-bond donors (Lipinski definition) is 3. The lowest BCUT2D eigenvalue weighted by Crippen LogP contribution is -2.43. The van der Waals surface area contributed by atoms with E-state index in [9.17, 15) is 14.7 Å². The topological polar surface area (TPSA) is 94.6 Å². The molecule has 1 heterocycles. The molecule has 1 aliphatic rings. The number of ketones is 1. The van der Waals surface area contributed by atoms with Crippen LogP contribution >= 0.6 is 35.6 Å². The Labute approximate surface area is 232 Å². The summed E-state index contributed by atoms with van der Waals surface area (Å²) in [6, 6.07) is 9.41. The van der Waals surface area contributed by atoms with Gasteiger partial charge in [-0.05, 0) is 82.1 Å². The molecule has 10 heteroatoms. The third-order valence-corrected chi connectivity index (χ3v) is 7.07. The number of aromatic hydroxyl groups is 1.